The molecule has 0 aliphatic rings. The summed E-state index contributed by atoms with van der Waals surface area (Å²) in [4.78, 5) is 35.4. The predicted molar refractivity (Wildman–Crippen MR) is 88.6 cm³/mol. The molecule has 0 spiro atoms. The third-order valence-electron chi connectivity index (χ3n) is 3.30. The molecule has 122 valence electrons. The molecule has 0 radical (unpaired) electrons. The molecule has 8 heteroatoms. The molecule has 23 heavy (non-hydrogen) atoms. The number of nitrogens with zero attached hydrogens (tertiary/aromatic N) is 2. The van der Waals surface area contributed by atoms with Crippen LogP contribution >= 0.6 is 11.8 Å². The van der Waals surface area contributed by atoms with Crippen molar-refractivity contribution in [1.82, 2.24) is 15.1 Å². The van der Waals surface area contributed by atoms with Gasteiger partial charge in [0.15, 0.2) is 0 Å². The fraction of sp³-hybridized carbons (Fsp3) is 0.333. The van der Waals surface area contributed by atoms with Gasteiger partial charge in [0.2, 0.25) is 5.91 Å². The molecule has 1 aromatic heterocycles. The first-order chi connectivity index (χ1) is 11.0. The number of aromatic nitrogens is 2. The molecule has 1 heterocycles. The molecule has 0 fully saturated rings. The Bertz CT molecular complexity index is 775. The number of fused-ring (bicyclic) bond motifs is 1. The minimum absolute atomic E-state index is 0.313. The van der Waals surface area contributed by atoms with Crippen molar-refractivity contribution in [2.24, 2.45) is 0 Å². The number of carbonyl (C=O) groups excluding carboxylic acids is 1. The minimum atomic E-state index is -1.09. The summed E-state index contributed by atoms with van der Waals surface area (Å²) in [6.45, 7) is -0.313. The van der Waals surface area contributed by atoms with E-state index in [0.29, 0.717) is 22.9 Å². The summed E-state index contributed by atoms with van der Waals surface area (Å²) in [6, 6.07) is 5.98. The van der Waals surface area contributed by atoms with E-state index in [0.717, 1.165) is 4.68 Å². The second-order valence-corrected chi connectivity index (χ2v) is 5.92. The SMILES string of the molecule is CSCCC(NC(=O)Cn1ncc2ccccc2c1=O)C(=O)O. The first kappa shape index (κ1) is 17.0. The Balaban J connectivity index is 2.12. The maximum atomic E-state index is 12.3. The standard InChI is InChI=1S/C15H17N3O4S/c1-23-7-6-12(15(21)22)17-13(19)9-18-14(20)11-5-3-2-4-10(11)8-16-18/h2-5,8,12H,6-7,9H2,1H3,(H,17,19)(H,21,22). The topological polar surface area (TPSA) is 101 Å². The highest BCUT2D eigenvalue weighted by Gasteiger charge is 2.20. The maximum absolute atomic E-state index is 12.3. The van der Waals surface area contributed by atoms with Crippen LogP contribution in [0, 0.1) is 0 Å². The van der Waals surface area contributed by atoms with Gasteiger partial charge in [0.1, 0.15) is 12.6 Å². The van der Waals surface area contributed by atoms with Crippen LogP contribution in [0.25, 0.3) is 10.8 Å². The Morgan fingerprint density at radius 2 is 2.13 bits per heavy atom. The smallest absolute Gasteiger partial charge is 0.326 e. The Labute approximate surface area is 136 Å². The van der Waals surface area contributed by atoms with Crippen molar-refractivity contribution in [2.45, 2.75) is 19.0 Å². The Morgan fingerprint density at radius 3 is 2.83 bits per heavy atom. The van der Waals surface area contributed by atoms with E-state index in [2.05, 4.69) is 10.4 Å². The first-order valence-electron chi connectivity index (χ1n) is 6.99. The van der Waals surface area contributed by atoms with Gasteiger partial charge in [0, 0.05) is 5.39 Å². The zero-order valence-electron chi connectivity index (χ0n) is 12.6. The lowest BCUT2D eigenvalue weighted by Crippen LogP contribution is -2.44. The van der Waals surface area contributed by atoms with Crippen LogP contribution < -0.4 is 10.9 Å². The van der Waals surface area contributed by atoms with Crippen molar-refractivity contribution in [2.75, 3.05) is 12.0 Å². The zero-order valence-corrected chi connectivity index (χ0v) is 13.4. The predicted octanol–water partition coefficient (Wildman–Crippen LogP) is 0.719. The van der Waals surface area contributed by atoms with E-state index < -0.39 is 17.9 Å². The van der Waals surface area contributed by atoms with Gasteiger partial charge in [-0.25, -0.2) is 9.48 Å². The molecule has 2 rings (SSSR count). The zero-order chi connectivity index (χ0) is 16.8. The number of aliphatic carboxylic acids is 1. The van der Waals surface area contributed by atoms with Crippen LogP contribution in [0.5, 0.6) is 0 Å². The third kappa shape index (κ3) is 4.32. The van der Waals surface area contributed by atoms with E-state index in [1.165, 1.54) is 18.0 Å². The van der Waals surface area contributed by atoms with Crippen LogP contribution in [0.3, 0.4) is 0 Å². The van der Waals surface area contributed by atoms with Crippen LogP contribution in [0.2, 0.25) is 0 Å². The normalized spacial score (nSPS) is 12.0. The number of hydrogen-bond donors (Lipinski definition) is 2. The number of rotatable bonds is 7. The second-order valence-electron chi connectivity index (χ2n) is 4.93. The lowest BCUT2D eigenvalue weighted by atomic mass is 10.2. The molecule has 1 atom stereocenters. The van der Waals surface area contributed by atoms with Gasteiger partial charge in [-0.1, -0.05) is 18.2 Å². The van der Waals surface area contributed by atoms with Gasteiger partial charge in [0.05, 0.1) is 11.6 Å². The van der Waals surface area contributed by atoms with E-state index in [4.69, 9.17) is 5.11 Å². The van der Waals surface area contributed by atoms with Crippen molar-refractivity contribution in [3.8, 4) is 0 Å². The number of carboxylic acids is 1. The van der Waals surface area contributed by atoms with Gasteiger partial charge in [-0.15, -0.1) is 0 Å². The largest absolute Gasteiger partial charge is 0.480 e. The number of amides is 1. The summed E-state index contributed by atoms with van der Waals surface area (Å²) < 4.78 is 1.03. The van der Waals surface area contributed by atoms with Gasteiger partial charge in [0.25, 0.3) is 5.56 Å². The molecule has 0 bridgehead atoms. The average Bonchev–Trinajstić information content (AvgIpc) is 2.54. The Hall–Kier alpha value is -2.35. The van der Waals surface area contributed by atoms with Crippen molar-refractivity contribution in [3.05, 3.63) is 40.8 Å². The number of thioether (sulfide) groups is 1. The lowest BCUT2D eigenvalue weighted by Gasteiger charge is -2.14. The van der Waals surface area contributed by atoms with Gasteiger partial charge in [-0.05, 0) is 24.5 Å². The van der Waals surface area contributed by atoms with Crippen molar-refractivity contribution in [3.63, 3.8) is 0 Å². The lowest BCUT2D eigenvalue weighted by molar-refractivity contribution is -0.142. The highest BCUT2D eigenvalue weighted by atomic mass is 32.2. The van der Waals surface area contributed by atoms with Crippen molar-refractivity contribution >= 4 is 34.4 Å². The van der Waals surface area contributed by atoms with Crippen molar-refractivity contribution in [1.29, 1.82) is 0 Å². The fourth-order valence-corrected chi connectivity index (χ4v) is 2.58. The van der Waals surface area contributed by atoms with E-state index in [1.54, 1.807) is 24.3 Å². The fourth-order valence-electron chi connectivity index (χ4n) is 2.11. The van der Waals surface area contributed by atoms with Gasteiger partial charge in [-0.2, -0.15) is 16.9 Å². The number of hydrogen-bond acceptors (Lipinski definition) is 5. The van der Waals surface area contributed by atoms with E-state index in [-0.39, 0.29) is 12.1 Å². The molecule has 0 aliphatic carbocycles. The number of nitrogens with one attached hydrogen (secondary N) is 1. The number of carbonyl (C=O) groups is 2. The molecule has 2 aromatic rings. The van der Waals surface area contributed by atoms with Crippen LogP contribution in [-0.2, 0) is 16.1 Å². The molecule has 0 saturated heterocycles. The molecule has 1 amide bonds. The van der Waals surface area contributed by atoms with Gasteiger partial charge >= 0.3 is 5.97 Å². The molecular formula is C15H17N3O4S. The summed E-state index contributed by atoms with van der Waals surface area (Å²) in [5.41, 5.74) is -0.380. The quantitative estimate of drug-likeness (QED) is 0.773. The van der Waals surface area contributed by atoms with E-state index in [9.17, 15) is 14.4 Å². The Kier molecular flexibility index (Phi) is 5.75. The van der Waals surface area contributed by atoms with Gasteiger partial charge in [-0.3, -0.25) is 9.59 Å². The highest BCUT2D eigenvalue weighted by molar-refractivity contribution is 7.98. The van der Waals surface area contributed by atoms with Crippen LogP contribution in [0.1, 0.15) is 6.42 Å². The van der Waals surface area contributed by atoms with E-state index >= 15 is 0 Å². The summed E-state index contributed by atoms with van der Waals surface area (Å²) in [5.74, 6) is -1.03. The molecule has 0 aliphatic heterocycles. The summed E-state index contributed by atoms with van der Waals surface area (Å²) >= 11 is 1.50. The summed E-state index contributed by atoms with van der Waals surface area (Å²) in [7, 11) is 0. The van der Waals surface area contributed by atoms with E-state index in [1.807, 2.05) is 6.26 Å². The maximum Gasteiger partial charge on any atom is 0.326 e. The first-order valence-corrected chi connectivity index (χ1v) is 8.38. The third-order valence-corrected chi connectivity index (χ3v) is 3.94. The number of benzene rings is 1. The molecule has 1 aromatic carbocycles. The summed E-state index contributed by atoms with van der Waals surface area (Å²) in [6.07, 6.45) is 3.69. The van der Waals surface area contributed by atoms with Crippen LogP contribution in [0.15, 0.2) is 35.3 Å². The molecule has 7 nitrogen and oxygen atoms in total. The molecule has 0 saturated carbocycles. The van der Waals surface area contributed by atoms with Crippen LogP contribution in [0.4, 0.5) is 0 Å². The highest BCUT2D eigenvalue weighted by Crippen LogP contribution is 2.06. The van der Waals surface area contributed by atoms with Crippen LogP contribution in [-0.4, -0.2) is 44.8 Å². The Morgan fingerprint density at radius 1 is 1.39 bits per heavy atom. The minimum Gasteiger partial charge on any atom is -0.480 e. The summed E-state index contributed by atoms with van der Waals surface area (Å²) in [5, 5.41) is 16.6. The molecule has 2 N–H and O–H groups in total. The number of carboxylic acid groups (broad SMARTS) is 1. The van der Waals surface area contributed by atoms with Gasteiger partial charge < -0.3 is 10.4 Å². The average molecular weight is 335 g/mol. The monoisotopic (exact) mass is 335 g/mol. The molecule has 1 unspecified atom stereocenters. The second kappa shape index (κ2) is 7.77. The molecular weight excluding hydrogens is 318 g/mol. The van der Waals surface area contributed by atoms with Crippen molar-refractivity contribution < 1.29 is 14.7 Å².